The lowest BCUT2D eigenvalue weighted by molar-refractivity contribution is -0.136. The van der Waals surface area contributed by atoms with Crippen LogP contribution >= 0.6 is 0 Å². The van der Waals surface area contributed by atoms with Gasteiger partial charge < -0.3 is 5.32 Å². The summed E-state index contributed by atoms with van der Waals surface area (Å²) in [5.74, 6) is 0.453. The largest absolute Gasteiger partial charge is 0.417 e. The summed E-state index contributed by atoms with van der Waals surface area (Å²) in [6.07, 6.45) is -1.64. The smallest absolute Gasteiger partial charge is 0.360 e. The number of fused-ring (bicyclic) bond motifs is 2. The molecule has 0 bridgehead atoms. The van der Waals surface area contributed by atoms with Gasteiger partial charge in [0.2, 0.25) is 0 Å². The molecule has 170 valence electrons. The second kappa shape index (κ2) is 8.26. The summed E-state index contributed by atoms with van der Waals surface area (Å²) in [6.45, 7) is 1.81. The van der Waals surface area contributed by atoms with E-state index < -0.39 is 23.3 Å². The van der Waals surface area contributed by atoms with Gasteiger partial charge in [0.1, 0.15) is 11.8 Å². The predicted molar refractivity (Wildman–Crippen MR) is 124 cm³/mol. The average molecular weight is 461 g/mol. The molecule has 3 heterocycles. The van der Waals surface area contributed by atoms with E-state index in [1.54, 1.807) is 54.7 Å². The summed E-state index contributed by atoms with van der Waals surface area (Å²) < 4.78 is 42.5. The molecule has 3 aromatic heterocycles. The molecule has 0 fully saturated rings. The number of aromatic nitrogens is 4. The van der Waals surface area contributed by atoms with E-state index >= 15 is 0 Å². The van der Waals surface area contributed by atoms with Crippen molar-refractivity contribution in [2.45, 2.75) is 19.1 Å². The Balaban J connectivity index is 1.74. The molecule has 0 unspecified atom stereocenters. The molecule has 5 rings (SSSR count). The summed E-state index contributed by atoms with van der Waals surface area (Å²) in [4.78, 5) is 26.4. The topological polar surface area (TPSA) is 72.7 Å². The maximum atomic E-state index is 13.7. The van der Waals surface area contributed by atoms with E-state index in [1.165, 1.54) is 23.0 Å². The second-order valence-corrected chi connectivity index (χ2v) is 7.77. The van der Waals surface area contributed by atoms with Gasteiger partial charge in [-0.1, -0.05) is 30.3 Å². The summed E-state index contributed by atoms with van der Waals surface area (Å²) in [5.41, 5.74) is 0.418. The fourth-order valence-corrected chi connectivity index (χ4v) is 4.06. The highest BCUT2D eigenvalue weighted by atomic mass is 19.4. The van der Waals surface area contributed by atoms with Gasteiger partial charge in [0.05, 0.1) is 22.5 Å². The molecule has 0 aliphatic carbocycles. The summed E-state index contributed by atoms with van der Waals surface area (Å²) in [6, 6.07) is 17.0. The van der Waals surface area contributed by atoms with Crippen molar-refractivity contribution in [1.29, 1.82) is 0 Å². The second-order valence-electron chi connectivity index (χ2n) is 7.77. The zero-order chi connectivity index (χ0) is 23.9. The molecule has 9 heteroatoms. The van der Waals surface area contributed by atoms with Gasteiger partial charge in [-0.05, 0) is 48.7 Å². The molecule has 0 amide bonds. The van der Waals surface area contributed by atoms with Gasteiger partial charge >= 0.3 is 6.18 Å². The third-order valence-electron chi connectivity index (χ3n) is 5.59. The number of nitrogens with one attached hydrogen (secondary N) is 1. The Kier molecular flexibility index (Phi) is 5.24. The van der Waals surface area contributed by atoms with Gasteiger partial charge in [0.15, 0.2) is 5.82 Å². The Morgan fingerprint density at radius 1 is 0.941 bits per heavy atom. The first kappa shape index (κ1) is 21.6. The molecule has 1 atom stereocenters. The van der Waals surface area contributed by atoms with Crippen molar-refractivity contribution in [2.75, 3.05) is 5.32 Å². The number of para-hydroxylation sites is 1. The summed E-state index contributed by atoms with van der Waals surface area (Å²) in [5, 5.41) is 3.09. The van der Waals surface area contributed by atoms with Gasteiger partial charge in [-0.25, -0.2) is 9.97 Å². The molecule has 34 heavy (non-hydrogen) atoms. The van der Waals surface area contributed by atoms with Gasteiger partial charge in [-0.3, -0.25) is 14.3 Å². The van der Waals surface area contributed by atoms with Crippen LogP contribution in [0.25, 0.3) is 27.5 Å². The molecule has 0 saturated heterocycles. The van der Waals surface area contributed by atoms with Gasteiger partial charge in [0, 0.05) is 17.6 Å². The normalized spacial score (nSPS) is 12.7. The number of rotatable bonds is 4. The predicted octanol–water partition coefficient (Wildman–Crippen LogP) is 5.52. The van der Waals surface area contributed by atoms with Crippen LogP contribution in [-0.2, 0) is 6.18 Å². The van der Waals surface area contributed by atoms with Crippen molar-refractivity contribution in [3.63, 3.8) is 0 Å². The maximum Gasteiger partial charge on any atom is 0.417 e. The van der Waals surface area contributed by atoms with Crippen molar-refractivity contribution < 1.29 is 13.2 Å². The molecule has 0 aliphatic rings. The molecule has 0 spiro atoms. The number of benzene rings is 2. The molecule has 0 radical (unpaired) electrons. The zero-order valence-electron chi connectivity index (χ0n) is 17.9. The molecule has 6 nitrogen and oxygen atoms in total. The van der Waals surface area contributed by atoms with Gasteiger partial charge in [-0.15, -0.1) is 0 Å². The number of pyridine rings is 2. The highest BCUT2D eigenvalue weighted by Gasteiger charge is 2.34. The van der Waals surface area contributed by atoms with Crippen LogP contribution in [0, 0.1) is 0 Å². The number of anilines is 1. The first-order valence-corrected chi connectivity index (χ1v) is 10.5. The van der Waals surface area contributed by atoms with Crippen molar-refractivity contribution in [1.82, 2.24) is 19.5 Å². The lowest BCUT2D eigenvalue weighted by atomic mass is 10.0. The summed E-state index contributed by atoms with van der Waals surface area (Å²) in [7, 11) is 0. The molecular formula is C25H18F3N5O. The SMILES string of the molecule is C[C@H](Nc1ncnc2cccnc12)c1cc2cccc(C(F)(F)F)c2c(=O)n1-c1ccccc1. The van der Waals surface area contributed by atoms with E-state index in [-0.39, 0.29) is 10.8 Å². The van der Waals surface area contributed by atoms with Crippen LogP contribution in [0.15, 0.2) is 84.0 Å². The van der Waals surface area contributed by atoms with Crippen LogP contribution in [0.3, 0.4) is 0 Å². The number of nitrogens with zero attached hydrogens (tertiary/aromatic N) is 4. The van der Waals surface area contributed by atoms with E-state index in [0.717, 1.165) is 6.07 Å². The van der Waals surface area contributed by atoms with E-state index in [0.29, 0.717) is 28.2 Å². The molecule has 0 saturated carbocycles. The quantitative estimate of drug-likeness (QED) is 0.382. The lowest BCUT2D eigenvalue weighted by Crippen LogP contribution is -2.27. The fourth-order valence-electron chi connectivity index (χ4n) is 4.06. The number of hydrogen-bond acceptors (Lipinski definition) is 5. The minimum Gasteiger partial charge on any atom is -0.360 e. The Morgan fingerprint density at radius 3 is 2.50 bits per heavy atom. The van der Waals surface area contributed by atoms with Crippen molar-refractivity contribution in [2.24, 2.45) is 0 Å². The van der Waals surface area contributed by atoms with Crippen LogP contribution in [0.1, 0.15) is 24.2 Å². The van der Waals surface area contributed by atoms with Crippen LogP contribution in [0.4, 0.5) is 19.0 Å². The van der Waals surface area contributed by atoms with Crippen molar-refractivity contribution in [3.05, 3.63) is 101 Å². The minimum atomic E-state index is -4.66. The van der Waals surface area contributed by atoms with Gasteiger partial charge in [-0.2, -0.15) is 13.2 Å². The van der Waals surface area contributed by atoms with E-state index in [9.17, 15) is 18.0 Å². The van der Waals surface area contributed by atoms with Gasteiger partial charge in [0.25, 0.3) is 5.56 Å². The fraction of sp³-hybridized carbons (Fsp3) is 0.120. The zero-order valence-corrected chi connectivity index (χ0v) is 17.9. The Hall–Kier alpha value is -4.27. The maximum absolute atomic E-state index is 13.7. The lowest BCUT2D eigenvalue weighted by Gasteiger charge is -2.22. The number of halogens is 3. The van der Waals surface area contributed by atoms with Crippen molar-refractivity contribution >= 4 is 27.6 Å². The third-order valence-corrected chi connectivity index (χ3v) is 5.59. The first-order valence-electron chi connectivity index (χ1n) is 10.5. The number of hydrogen-bond donors (Lipinski definition) is 1. The Labute approximate surface area is 191 Å². The van der Waals surface area contributed by atoms with E-state index in [2.05, 4.69) is 20.3 Å². The molecule has 1 N–H and O–H groups in total. The van der Waals surface area contributed by atoms with Crippen LogP contribution < -0.4 is 10.9 Å². The van der Waals surface area contributed by atoms with E-state index in [4.69, 9.17) is 0 Å². The standard InChI is InChI=1S/C25H18F3N5O/c1-15(32-23-22-19(30-14-31-23)11-6-12-29-22)20-13-16-7-5-10-18(25(26,27)28)21(16)24(34)33(20)17-8-3-2-4-9-17/h2-15H,1H3,(H,30,31,32)/t15-/m0/s1. The third kappa shape index (κ3) is 3.75. The molecular weight excluding hydrogens is 443 g/mol. The number of alkyl halides is 3. The van der Waals surface area contributed by atoms with Crippen LogP contribution in [0.5, 0.6) is 0 Å². The molecule has 5 aromatic rings. The Bertz CT molecular complexity index is 1560. The van der Waals surface area contributed by atoms with Crippen LogP contribution in [0.2, 0.25) is 0 Å². The van der Waals surface area contributed by atoms with Crippen molar-refractivity contribution in [3.8, 4) is 5.69 Å². The molecule has 0 aliphatic heterocycles. The minimum absolute atomic E-state index is 0.210. The highest BCUT2D eigenvalue weighted by molar-refractivity contribution is 5.87. The van der Waals surface area contributed by atoms with E-state index in [1.807, 2.05) is 6.92 Å². The highest BCUT2D eigenvalue weighted by Crippen LogP contribution is 2.34. The monoisotopic (exact) mass is 461 g/mol. The van der Waals surface area contributed by atoms with Crippen LogP contribution in [-0.4, -0.2) is 19.5 Å². The first-order chi connectivity index (χ1) is 16.3. The summed E-state index contributed by atoms with van der Waals surface area (Å²) >= 11 is 0. The average Bonchev–Trinajstić information content (AvgIpc) is 2.83. The molecule has 2 aromatic carbocycles. The Morgan fingerprint density at radius 2 is 1.74 bits per heavy atom.